The van der Waals surface area contributed by atoms with Gasteiger partial charge in [-0.15, -0.1) is 13.2 Å². The van der Waals surface area contributed by atoms with Crippen LogP contribution in [-0.4, -0.2) is 29.5 Å². The molecule has 1 N–H and O–H groups in total. The van der Waals surface area contributed by atoms with Crippen LogP contribution in [0.5, 0.6) is 23.0 Å². The van der Waals surface area contributed by atoms with Gasteiger partial charge in [-0.25, -0.2) is 9.78 Å². The number of aromatic carboxylic acids is 1. The summed E-state index contributed by atoms with van der Waals surface area (Å²) in [6.07, 6.45) is -9.29. The third kappa shape index (κ3) is 4.75. The van der Waals surface area contributed by atoms with E-state index >= 15 is 0 Å². The molecule has 0 saturated carbocycles. The van der Waals surface area contributed by atoms with Crippen LogP contribution in [0.3, 0.4) is 0 Å². The van der Waals surface area contributed by atoms with Crippen LogP contribution in [0.1, 0.15) is 21.6 Å². The molecule has 0 atom stereocenters. The third-order valence-corrected chi connectivity index (χ3v) is 3.36. The molecule has 0 saturated heterocycles. The number of benzene rings is 1. The van der Waals surface area contributed by atoms with E-state index in [9.17, 15) is 36.2 Å². The number of alkyl halides is 6. The minimum Gasteiger partial charge on any atom is -0.493 e. The van der Waals surface area contributed by atoms with Crippen molar-refractivity contribution in [2.45, 2.75) is 19.5 Å². The minimum absolute atomic E-state index is 0.263. The first kappa shape index (κ1) is 21.1. The van der Waals surface area contributed by atoms with E-state index in [1.165, 1.54) is 0 Å². The lowest BCUT2D eigenvalue weighted by Gasteiger charge is -2.17. The Balaban J connectivity index is 2.48. The predicted octanol–water partition coefficient (Wildman–Crippen LogP) is 4.81. The zero-order chi connectivity index (χ0) is 21.3. The number of nitrogens with zero attached hydrogens (tertiary/aromatic N) is 1. The van der Waals surface area contributed by atoms with Gasteiger partial charge in [-0.05, 0) is 24.6 Å². The van der Waals surface area contributed by atoms with Crippen molar-refractivity contribution in [3.8, 4) is 23.0 Å². The summed E-state index contributed by atoms with van der Waals surface area (Å²) in [6, 6.07) is 2.64. The highest BCUT2D eigenvalue weighted by atomic mass is 19.4. The molecular weight excluding hydrogens is 400 g/mol. The lowest BCUT2D eigenvalue weighted by Crippen LogP contribution is -2.17. The zero-order valence-corrected chi connectivity index (χ0v) is 14.1. The molecule has 2 rings (SSSR count). The van der Waals surface area contributed by atoms with Crippen molar-refractivity contribution in [2.24, 2.45) is 0 Å². The molecule has 6 nitrogen and oxygen atoms in total. The van der Waals surface area contributed by atoms with Gasteiger partial charge in [-0.2, -0.15) is 13.2 Å². The van der Waals surface area contributed by atoms with Crippen LogP contribution in [0.15, 0.2) is 24.4 Å². The molecule has 12 heteroatoms. The molecule has 0 bridgehead atoms. The third-order valence-electron chi connectivity index (χ3n) is 3.36. The number of carboxylic acids is 1. The van der Waals surface area contributed by atoms with E-state index in [2.05, 4.69) is 9.72 Å². The first-order valence-electron chi connectivity index (χ1n) is 7.25. The van der Waals surface area contributed by atoms with E-state index in [4.69, 9.17) is 9.47 Å². The number of carboxylic acid groups (broad SMARTS) is 1. The number of hydrogen-bond acceptors (Lipinski definition) is 5. The van der Waals surface area contributed by atoms with Crippen molar-refractivity contribution in [1.29, 1.82) is 0 Å². The average Bonchev–Trinajstić information content (AvgIpc) is 2.53. The SMILES string of the molecule is COc1cc(OC(F)(F)F)ccc1Oc1cnc(C(F)(F)F)c(C)c1C(=O)O. The Hall–Kier alpha value is -3.18. The normalized spacial score (nSPS) is 11.9. The Bertz CT molecular complexity index is 894. The maximum absolute atomic E-state index is 12.9. The van der Waals surface area contributed by atoms with Crippen LogP contribution in [0, 0.1) is 6.92 Å². The summed E-state index contributed by atoms with van der Waals surface area (Å²) in [5, 5.41) is 9.26. The number of carbonyl (C=O) groups is 1. The molecule has 0 aliphatic carbocycles. The average molecular weight is 411 g/mol. The summed E-state index contributed by atoms with van der Waals surface area (Å²) in [5.74, 6) is -3.45. The van der Waals surface area contributed by atoms with E-state index in [0.717, 1.165) is 32.2 Å². The fourth-order valence-corrected chi connectivity index (χ4v) is 2.26. The fourth-order valence-electron chi connectivity index (χ4n) is 2.26. The minimum atomic E-state index is -4.96. The summed E-state index contributed by atoms with van der Waals surface area (Å²) in [7, 11) is 1.09. The van der Waals surface area contributed by atoms with Crippen LogP contribution in [-0.2, 0) is 6.18 Å². The molecular formula is C16H11F6NO5. The monoisotopic (exact) mass is 411 g/mol. The highest BCUT2D eigenvalue weighted by Gasteiger charge is 2.37. The lowest BCUT2D eigenvalue weighted by molar-refractivity contribution is -0.274. The molecule has 0 radical (unpaired) electrons. The maximum atomic E-state index is 12.9. The van der Waals surface area contributed by atoms with Crippen molar-refractivity contribution in [3.63, 3.8) is 0 Å². The summed E-state index contributed by atoms with van der Waals surface area (Å²) in [6.45, 7) is 0.906. The van der Waals surface area contributed by atoms with Crippen LogP contribution in [0.4, 0.5) is 26.3 Å². The Morgan fingerprint density at radius 2 is 1.71 bits per heavy atom. The first-order valence-corrected chi connectivity index (χ1v) is 7.25. The molecule has 0 aliphatic heterocycles. The number of methoxy groups -OCH3 is 1. The van der Waals surface area contributed by atoms with E-state index in [-0.39, 0.29) is 11.5 Å². The van der Waals surface area contributed by atoms with Gasteiger partial charge < -0.3 is 19.3 Å². The number of hydrogen-bond donors (Lipinski definition) is 1. The van der Waals surface area contributed by atoms with Crippen molar-refractivity contribution in [3.05, 3.63) is 41.2 Å². The van der Waals surface area contributed by atoms with Gasteiger partial charge in [0.1, 0.15) is 17.0 Å². The summed E-state index contributed by atoms with van der Waals surface area (Å²) in [4.78, 5) is 14.6. The second-order valence-electron chi connectivity index (χ2n) is 5.24. The quantitative estimate of drug-likeness (QED) is 0.712. The number of aromatic nitrogens is 1. The zero-order valence-electron chi connectivity index (χ0n) is 14.1. The Labute approximate surface area is 153 Å². The van der Waals surface area contributed by atoms with Gasteiger partial charge in [0.2, 0.25) is 0 Å². The van der Waals surface area contributed by atoms with Gasteiger partial charge in [0.25, 0.3) is 0 Å². The van der Waals surface area contributed by atoms with Gasteiger partial charge in [-0.3, -0.25) is 0 Å². The predicted molar refractivity (Wildman–Crippen MR) is 80.7 cm³/mol. The Kier molecular flexibility index (Phi) is 5.62. The highest BCUT2D eigenvalue weighted by molar-refractivity contribution is 5.93. The molecule has 0 fully saturated rings. The topological polar surface area (TPSA) is 77.9 Å². The van der Waals surface area contributed by atoms with E-state index < -0.39 is 46.8 Å². The van der Waals surface area contributed by atoms with Crippen LogP contribution in [0.2, 0.25) is 0 Å². The molecule has 152 valence electrons. The van der Waals surface area contributed by atoms with Gasteiger partial charge in [0.15, 0.2) is 17.2 Å². The number of rotatable bonds is 5. The standard InChI is InChI=1S/C16H11F6NO5/c1-7-12(14(24)25)11(6-23-13(7)15(17,18)19)27-9-4-3-8(5-10(9)26-2)28-16(20,21)22/h3-6H,1-2H3,(H,24,25). The molecule has 0 aliphatic rings. The van der Waals surface area contributed by atoms with Gasteiger partial charge in [0, 0.05) is 6.07 Å². The smallest absolute Gasteiger partial charge is 0.493 e. The fraction of sp³-hybridized carbons (Fsp3) is 0.250. The van der Waals surface area contributed by atoms with Crippen molar-refractivity contribution < 1.29 is 50.5 Å². The molecule has 1 heterocycles. The van der Waals surface area contributed by atoms with Gasteiger partial charge in [0.05, 0.1) is 13.3 Å². The van der Waals surface area contributed by atoms with Crippen molar-refractivity contribution >= 4 is 5.97 Å². The van der Waals surface area contributed by atoms with Crippen molar-refractivity contribution in [2.75, 3.05) is 7.11 Å². The van der Waals surface area contributed by atoms with Crippen LogP contribution < -0.4 is 14.2 Å². The summed E-state index contributed by atoms with van der Waals surface area (Å²) < 4.78 is 89.5. The number of pyridine rings is 1. The van der Waals surface area contributed by atoms with Gasteiger partial charge >= 0.3 is 18.5 Å². The van der Waals surface area contributed by atoms with Crippen LogP contribution >= 0.6 is 0 Å². The molecule has 0 amide bonds. The number of halogens is 6. The second-order valence-corrected chi connectivity index (χ2v) is 5.24. The lowest BCUT2D eigenvalue weighted by atomic mass is 10.1. The summed E-state index contributed by atoms with van der Waals surface area (Å²) >= 11 is 0. The van der Waals surface area contributed by atoms with Crippen LogP contribution in [0.25, 0.3) is 0 Å². The Morgan fingerprint density at radius 1 is 1.07 bits per heavy atom. The molecule has 28 heavy (non-hydrogen) atoms. The maximum Gasteiger partial charge on any atom is 0.573 e. The number of ether oxygens (including phenoxy) is 3. The molecule has 0 unspecified atom stereocenters. The Morgan fingerprint density at radius 3 is 2.21 bits per heavy atom. The molecule has 2 aromatic rings. The van der Waals surface area contributed by atoms with E-state index in [0.29, 0.717) is 6.20 Å². The summed E-state index contributed by atoms with van der Waals surface area (Å²) in [5.41, 5.74) is -2.90. The largest absolute Gasteiger partial charge is 0.573 e. The molecule has 1 aromatic carbocycles. The molecule has 0 spiro atoms. The van der Waals surface area contributed by atoms with E-state index in [1.54, 1.807) is 0 Å². The molecule has 1 aromatic heterocycles. The van der Waals surface area contributed by atoms with Gasteiger partial charge in [-0.1, -0.05) is 0 Å². The highest BCUT2D eigenvalue weighted by Crippen LogP contribution is 2.39. The first-order chi connectivity index (χ1) is 12.8. The van der Waals surface area contributed by atoms with E-state index in [1.807, 2.05) is 0 Å². The van der Waals surface area contributed by atoms with Crippen molar-refractivity contribution in [1.82, 2.24) is 4.98 Å². The second kappa shape index (κ2) is 7.44.